The molecule has 7 heteroatoms. The number of aromatic nitrogens is 2. The van der Waals surface area contributed by atoms with Crippen molar-refractivity contribution in [1.29, 1.82) is 0 Å². The number of rotatable bonds is 6. The molecule has 0 bridgehead atoms. The summed E-state index contributed by atoms with van der Waals surface area (Å²) in [6, 6.07) is 7.89. The maximum Gasteiger partial charge on any atom is 0.321 e. The Bertz CT molecular complexity index is 601. The Kier molecular flexibility index (Phi) is 5.05. The van der Waals surface area contributed by atoms with E-state index >= 15 is 0 Å². The van der Waals surface area contributed by atoms with Crippen LogP contribution < -0.4 is 14.8 Å². The molecule has 2 heterocycles. The van der Waals surface area contributed by atoms with Gasteiger partial charge in [0.05, 0.1) is 18.5 Å². The molecule has 110 valence electrons. The molecule has 0 aliphatic heterocycles. The number of ether oxygens (including phenoxy) is 2. The molecular formula is C14H15N3O4. The average Bonchev–Trinajstić information content (AvgIpc) is 2.49. The van der Waals surface area contributed by atoms with Crippen LogP contribution in [0.3, 0.4) is 0 Å². The van der Waals surface area contributed by atoms with E-state index in [0.717, 1.165) is 0 Å². The normalized spacial score (nSPS) is 10.1. The average molecular weight is 289 g/mol. The predicted octanol–water partition coefficient (Wildman–Crippen LogP) is 0.992. The molecule has 7 nitrogen and oxygen atoms in total. The molecule has 0 aromatic carbocycles. The Morgan fingerprint density at radius 3 is 2.86 bits per heavy atom. The minimum absolute atomic E-state index is 0.0120. The van der Waals surface area contributed by atoms with Crippen molar-refractivity contribution < 1.29 is 19.0 Å². The lowest BCUT2D eigenvalue weighted by atomic mass is 10.3. The summed E-state index contributed by atoms with van der Waals surface area (Å²) in [5.41, 5.74) is 0.487. The number of nitrogens with one attached hydrogen (secondary N) is 1. The van der Waals surface area contributed by atoms with Crippen LogP contribution in [0.25, 0.3) is 0 Å². The van der Waals surface area contributed by atoms with Gasteiger partial charge in [0, 0.05) is 25.3 Å². The van der Waals surface area contributed by atoms with Crippen molar-refractivity contribution in [2.45, 2.75) is 0 Å². The molecule has 0 unspecified atom stereocenters. The summed E-state index contributed by atoms with van der Waals surface area (Å²) in [5, 5.41) is 14.1. The van der Waals surface area contributed by atoms with Crippen molar-refractivity contribution in [3.8, 4) is 5.88 Å². The summed E-state index contributed by atoms with van der Waals surface area (Å²) in [5.74, 6) is -0.0656. The Hall–Kier alpha value is -2.67. The van der Waals surface area contributed by atoms with Gasteiger partial charge in [0.2, 0.25) is 5.88 Å². The second-order valence-electron chi connectivity index (χ2n) is 4.09. The van der Waals surface area contributed by atoms with Gasteiger partial charge in [-0.25, -0.2) is 4.98 Å². The molecule has 2 aromatic heterocycles. The number of hydrogen-bond acceptors (Lipinski definition) is 5. The topological polar surface area (TPSA) is 87.4 Å². The van der Waals surface area contributed by atoms with Gasteiger partial charge in [-0.1, -0.05) is 0 Å². The predicted molar refractivity (Wildman–Crippen MR) is 75.0 cm³/mol. The van der Waals surface area contributed by atoms with E-state index in [0.29, 0.717) is 29.5 Å². The molecule has 0 saturated heterocycles. The van der Waals surface area contributed by atoms with Gasteiger partial charge in [-0.15, -0.1) is 0 Å². The van der Waals surface area contributed by atoms with Gasteiger partial charge in [0.25, 0.3) is 5.69 Å². The van der Waals surface area contributed by atoms with Crippen LogP contribution in [-0.2, 0) is 4.74 Å². The van der Waals surface area contributed by atoms with Crippen LogP contribution in [0, 0.1) is 5.21 Å². The molecule has 0 fully saturated rings. The van der Waals surface area contributed by atoms with Gasteiger partial charge >= 0.3 is 5.91 Å². The van der Waals surface area contributed by atoms with Gasteiger partial charge in [-0.05, 0) is 12.1 Å². The number of nitrogens with zero attached hydrogens (tertiary/aromatic N) is 2. The van der Waals surface area contributed by atoms with Gasteiger partial charge in [0.15, 0.2) is 6.20 Å². The molecule has 0 aliphatic rings. The first-order valence-electron chi connectivity index (χ1n) is 6.28. The van der Waals surface area contributed by atoms with Crippen LogP contribution >= 0.6 is 0 Å². The Morgan fingerprint density at radius 1 is 1.33 bits per heavy atom. The largest absolute Gasteiger partial charge is 0.618 e. The number of carbonyl (C=O) groups excluding carboxylic acids is 1. The number of carbonyl (C=O) groups is 1. The molecule has 21 heavy (non-hydrogen) atoms. The molecule has 0 radical (unpaired) electrons. The molecule has 2 aromatic rings. The molecular weight excluding hydrogens is 274 g/mol. The Morgan fingerprint density at radius 2 is 2.19 bits per heavy atom. The molecule has 1 amide bonds. The second-order valence-corrected chi connectivity index (χ2v) is 4.09. The van der Waals surface area contributed by atoms with E-state index in [4.69, 9.17) is 9.47 Å². The smallest absolute Gasteiger partial charge is 0.321 e. The van der Waals surface area contributed by atoms with Crippen molar-refractivity contribution in [1.82, 2.24) is 4.98 Å². The summed E-state index contributed by atoms with van der Waals surface area (Å²) < 4.78 is 10.7. The zero-order chi connectivity index (χ0) is 15.1. The third-order valence-corrected chi connectivity index (χ3v) is 2.59. The fourth-order valence-electron chi connectivity index (χ4n) is 1.57. The number of methoxy groups -OCH3 is 1. The number of amides is 1. The first kappa shape index (κ1) is 14.7. The maximum absolute atomic E-state index is 11.9. The van der Waals surface area contributed by atoms with Crippen molar-refractivity contribution in [2.24, 2.45) is 0 Å². The quantitative estimate of drug-likeness (QED) is 0.487. The number of anilines is 1. The van der Waals surface area contributed by atoms with Gasteiger partial charge in [-0.2, -0.15) is 4.73 Å². The van der Waals surface area contributed by atoms with E-state index in [1.54, 1.807) is 31.4 Å². The summed E-state index contributed by atoms with van der Waals surface area (Å²) in [6.45, 7) is 0.868. The molecule has 1 N–H and O–H groups in total. The van der Waals surface area contributed by atoms with Crippen LogP contribution in [0.15, 0.2) is 42.7 Å². The van der Waals surface area contributed by atoms with Crippen LogP contribution in [0.1, 0.15) is 10.5 Å². The molecule has 0 aliphatic carbocycles. The fraction of sp³-hybridized carbons (Fsp3) is 0.214. The molecule has 0 atom stereocenters. The summed E-state index contributed by atoms with van der Waals surface area (Å²) in [7, 11) is 1.58. The highest BCUT2D eigenvalue weighted by Gasteiger charge is 2.15. The Balaban J connectivity index is 1.97. The third-order valence-electron chi connectivity index (χ3n) is 2.59. The van der Waals surface area contributed by atoms with Gasteiger partial charge in [-0.3, -0.25) is 4.79 Å². The molecule has 0 spiro atoms. The minimum Gasteiger partial charge on any atom is -0.618 e. The molecule has 2 rings (SSSR count). The van der Waals surface area contributed by atoms with E-state index in [2.05, 4.69) is 10.3 Å². The van der Waals surface area contributed by atoms with Crippen molar-refractivity contribution in [3.63, 3.8) is 0 Å². The minimum atomic E-state index is -0.500. The standard InChI is InChI=1S/C14H15N3O4/c1-20-8-9-21-13-6-5-11(10-15-13)16-14(18)12-4-2-3-7-17(12)19/h2-7,10H,8-9H2,1H3,(H,16,18). The zero-order valence-corrected chi connectivity index (χ0v) is 11.5. The lowest BCUT2D eigenvalue weighted by Gasteiger charge is -2.07. The third kappa shape index (κ3) is 4.15. The van der Waals surface area contributed by atoms with E-state index in [9.17, 15) is 10.0 Å². The lowest BCUT2D eigenvalue weighted by molar-refractivity contribution is -0.607. The van der Waals surface area contributed by atoms with E-state index in [1.807, 2.05) is 0 Å². The summed E-state index contributed by atoms with van der Waals surface area (Å²) in [4.78, 5) is 16.0. The van der Waals surface area contributed by atoms with E-state index in [1.165, 1.54) is 18.5 Å². The highest BCUT2D eigenvalue weighted by Crippen LogP contribution is 2.12. The maximum atomic E-state index is 11.9. The first-order valence-corrected chi connectivity index (χ1v) is 6.28. The van der Waals surface area contributed by atoms with Crippen LogP contribution in [0.5, 0.6) is 5.88 Å². The van der Waals surface area contributed by atoms with E-state index in [-0.39, 0.29) is 5.69 Å². The van der Waals surface area contributed by atoms with Crippen LogP contribution in [0.2, 0.25) is 0 Å². The van der Waals surface area contributed by atoms with Crippen LogP contribution in [0.4, 0.5) is 5.69 Å². The van der Waals surface area contributed by atoms with Crippen molar-refractivity contribution in [2.75, 3.05) is 25.6 Å². The van der Waals surface area contributed by atoms with Gasteiger partial charge in [0.1, 0.15) is 6.61 Å². The van der Waals surface area contributed by atoms with E-state index < -0.39 is 5.91 Å². The second kappa shape index (κ2) is 7.20. The molecule has 0 saturated carbocycles. The zero-order valence-electron chi connectivity index (χ0n) is 11.5. The Labute approximate surface area is 121 Å². The van der Waals surface area contributed by atoms with Crippen LogP contribution in [-0.4, -0.2) is 31.2 Å². The number of hydrogen-bond donors (Lipinski definition) is 1. The van der Waals surface area contributed by atoms with Crippen molar-refractivity contribution in [3.05, 3.63) is 53.6 Å². The monoisotopic (exact) mass is 289 g/mol. The highest BCUT2D eigenvalue weighted by molar-refractivity contribution is 6.01. The number of pyridine rings is 2. The first-order chi connectivity index (χ1) is 10.2. The van der Waals surface area contributed by atoms with Gasteiger partial charge < -0.3 is 20.0 Å². The SMILES string of the molecule is COCCOc1ccc(NC(=O)c2cccc[n+]2[O-])cn1. The van der Waals surface area contributed by atoms with Crippen molar-refractivity contribution >= 4 is 11.6 Å². The summed E-state index contributed by atoms with van der Waals surface area (Å²) in [6.07, 6.45) is 2.72. The lowest BCUT2D eigenvalue weighted by Crippen LogP contribution is -2.36. The summed E-state index contributed by atoms with van der Waals surface area (Å²) >= 11 is 0. The fourth-order valence-corrected chi connectivity index (χ4v) is 1.57. The highest BCUT2D eigenvalue weighted by atomic mass is 16.5.